The summed E-state index contributed by atoms with van der Waals surface area (Å²) in [6.07, 6.45) is 0.400. The Morgan fingerprint density at radius 2 is 2.00 bits per heavy atom. The third-order valence-corrected chi connectivity index (χ3v) is 4.43. The summed E-state index contributed by atoms with van der Waals surface area (Å²) in [6, 6.07) is 12.1. The number of nitrogens with one attached hydrogen (secondary N) is 1. The van der Waals surface area contributed by atoms with Crippen molar-refractivity contribution in [1.29, 1.82) is 0 Å². The first-order valence-electron chi connectivity index (χ1n) is 8.19. The molecule has 0 radical (unpaired) electrons. The van der Waals surface area contributed by atoms with E-state index in [9.17, 15) is 19.1 Å². The number of para-hydroxylation sites is 2. The maximum Gasteiger partial charge on any atom is 0.321 e. The maximum absolute atomic E-state index is 13.3. The van der Waals surface area contributed by atoms with Crippen LogP contribution in [0.1, 0.15) is 13.3 Å². The number of carboxylic acids is 1. The van der Waals surface area contributed by atoms with Gasteiger partial charge in [0.05, 0.1) is 11.1 Å². The second-order valence-electron chi connectivity index (χ2n) is 6.52. The van der Waals surface area contributed by atoms with E-state index in [4.69, 9.17) is 4.74 Å². The van der Waals surface area contributed by atoms with Crippen LogP contribution in [0.25, 0.3) is 0 Å². The number of carbonyl (C=O) groups excluding carboxylic acids is 1. The van der Waals surface area contributed by atoms with E-state index >= 15 is 0 Å². The van der Waals surface area contributed by atoms with Crippen molar-refractivity contribution in [3.63, 3.8) is 0 Å². The van der Waals surface area contributed by atoms with Gasteiger partial charge in [-0.15, -0.1) is 0 Å². The number of benzene rings is 2. The molecule has 1 aliphatic rings. The number of hydrogen-bond acceptors (Lipinski definition) is 3. The first kappa shape index (κ1) is 17.7. The van der Waals surface area contributed by atoms with Gasteiger partial charge in [0.25, 0.3) is 0 Å². The van der Waals surface area contributed by atoms with Crippen molar-refractivity contribution < 1.29 is 23.8 Å². The molecule has 136 valence electrons. The first-order chi connectivity index (χ1) is 12.4. The lowest BCUT2D eigenvalue weighted by Crippen LogP contribution is -2.37. The number of likely N-dealkylation sites (tertiary alicyclic amines) is 1. The number of anilines is 1. The SMILES string of the molecule is CC1(C(=O)O)CCN(C(=O)Nc2ccccc2Oc2cccc(F)c2)C1. The van der Waals surface area contributed by atoms with E-state index in [0.29, 0.717) is 30.2 Å². The molecule has 1 aliphatic heterocycles. The van der Waals surface area contributed by atoms with Crippen LogP contribution in [-0.4, -0.2) is 35.1 Å². The first-order valence-corrected chi connectivity index (χ1v) is 8.19. The summed E-state index contributed by atoms with van der Waals surface area (Å²) in [4.78, 5) is 25.3. The Balaban J connectivity index is 1.72. The second kappa shape index (κ2) is 7.03. The van der Waals surface area contributed by atoms with Gasteiger partial charge in [-0.25, -0.2) is 9.18 Å². The molecule has 1 unspecified atom stereocenters. The third-order valence-electron chi connectivity index (χ3n) is 4.43. The van der Waals surface area contributed by atoms with E-state index in [1.54, 1.807) is 37.3 Å². The van der Waals surface area contributed by atoms with Gasteiger partial charge in [-0.1, -0.05) is 18.2 Å². The number of nitrogens with zero attached hydrogens (tertiary/aromatic N) is 1. The minimum atomic E-state index is -0.936. The van der Waals surface area contributed by atoms with E-state index < -0.39 is 23.2 Å². The highest BCUT2D eigenvalue weighted by Gasteiger charge is 2.42. The highest BCUT2D eigenvalue weighted by atomic mass is 19.1. The largest absolute Gasteiger partial charge is 0.481 e. The molecule has 2 aromatic carbocycles. The molecule has 1 saturated heterocycles. The Hall–Kier alpha value is -3.09. The molecule has 0 aliphatic carbocycles. The molecule has 1 heterocycles. The van der Waals surface area contributed by atoms with Gasteiger partial charge in [-0.2, -0.15) is 0 Å². The van der Waals surface area contributed by atoms with Gasteiger partial charge in [-0.05, 0) is 37.6 Å². The molecule has 1 fully saturated rings. The van der Waals surface area contributed by atoms with Crippen LogP contribution in [0.5, 0.6) is 11.5 Å². The van der Waals surface area contributed by atoms with Crippen molar-refractivity contribution >= 4 is 17.7 Å². The molecule has 2 N–H and O–H groups in total. The average Bonchev–Trinajstić information content (AvgIpc) is 3.01. The fraction of sp³-hybridized carbons (Fsp3) is 0.263. The van der Waals surface area contributed by atoms with Gasteiger partial charge >= 0.3 is 12.0 Å². The van der Waals surface area contributed by atoms with Crippen LogP contribution < -0.4 is 10.1 Å². The lowest BCUT2D eigenvalue weighted by atomic mass is 9.90. The summed E-state index contributed by atoms with van der Waals surface area (Å²) in [5, 5.41) is 12.0. The van der Waals surface area contributed by atoms with Crippen molar-refractivity contribution in [1.82, 2.24) is 4.90 Å². The molecule has 1 atom stereocenters. The topological polar surface area (TPSA) is 78.9 Å². The van der Waals surface area contributed by atoms with E-state index in [1.165, 1.54) is 23.1 Å². The highest BCUT2D eigenvalue weighted by Crippen LogP contribution is 2.32. The lowest BCUT2D eigenvalue weighted by Gasteiger charge is -2.21. The fourth-order valence-electron chi connectivity index (χ4n) is 2.82. The van der Waals surface area contributed by atoms with E-state index in [-0.39, 0.29) is 6.54 Å². The average molecular weight is 358 g/mol. The second-order valence-corrected chi connectivity index (χ2v) is 6.52. The summed E-state index contributed by atoms with van der Waals surface area (Å²) in [5.41, 5.74) is -0.514. The Morgan fingerprint density at radius 3 is 2.69 bits per heavy atom. The number of amides is 2. The molecular weight excluding hydrogens is 339 g/mol. The predicted molar refractivity (Wildman–Crippen MR) is 93.9 cm³/mol. The zero-order valence-electron chi connectivity index (χ0n) is 14.2. The number of urea groups is 1. The molecule has 3 rings (SSSR count). The lowest BCUT2D eigenvalue weighted by molar-refractivity contribution is -0.146. The monoisotopic (exact) mass is 358 g/mol. The van der Waals surface area contributed by atoms with Gasteiger partial charge < -0.3 is 20.1 Å². The molecule has 7 heteroatoms. The third kappa shape index (κ3) is 3.77. The van der Waals surface area contributed by atoms with E-state index in [1.807, 2.05) is 0 Å². The van der Waals surface area contributed by atoms with Crippen LogP contribution in [0, 0.1) is 11.2 Å². The van der Waals surface area contributed by atoms with Crippen LogP contribution in [-0.2, 0) is 4.79 Å². The summed E-state index contributed by atoms with van der Waals surface area (Å²) in [5.74, 6) is -0.658. The molecule has 2 aromatic rings. The fourth-order valence-corrected chi connectivity index (χ4v) is 2.82. The molecular formula is C19H19FN2O4. The molecule has 0 spiro atoms. The van der Waals surface area contributed by atoms with Crippen LogP contribution in [0.2, 0.25) is 0 Å². The quantitative estimate of drug-likeness (QED) is 0.867. The van der Waals surface area contributed by atoms with Crippen molar-refractivity contribution in [2.75, 3.05) is 18.4 Å². The normalized spacial score (nSPS) is 19.2. The Bertz CT molecular complexity index is 842. The minimum Gasteiger partial charge on any atom is -0.481 e. The van der Waals surface area contributed by atoms with Gasteiger partial charge in [0.2, 0.25) is 0 Å². The summed E-state index contributed by atoms with van der Waals surface area (Å²) < 4.78 is 19.0. The van der Waals surface area contributed by atoms with Gasteiger partial charge in [-0.3, -0.25) is 4.79 Å². The number of rotatable bonds is 4. The van der Waals surface area contributed by atoms with Gasteiger partial charge in [0.15, 0.2) is 5.75 Å². The van der Waals surface area contributed by atoms with Gasteiger partial charge in [0.1, 0.15) is 11.6 Å². The van der Waals surface area contributed by atoms with E-state index in [2.05, 4.69) is 5.32 Å². The van der Waals surface area contributed by atoms with Crippen molar-refractivity contribution in [3.8, 4) is 11.5 Å². The molecule has 6 nitrogen and oxygen atoms in total. The minimum absolute atomic E-state index is 0.140. The Morgan fingerprint density at radius 1 is 1.23 bits per heavy atom. The molecule has 0 aromatic heterocycles. The van der Waals surface area contributed by atoms with Crippen molar-refractivity contribution in [2.24, 2.45) is 5.41 Å². The highest BCUT2D eigenvalue weighted by molar-refractivity contribution is 5.92. The summed E-state index contributed by atoms with van der Waals surface area (Å²) in [7, 11) is 0. The van der Waals surface area contributed by atoms with Crippen LogP contribution in [0.4, 0.5) is 14.9 Å². The Labute approximate surface area is 150 Å². The van der Waals surface area contributed by atoms with Crippen molar-refractivity contribution in [3.05, 3.63) is 54.3 Å². The summed E-state index contributed by atoms with van der Waals surface area (Å²) >= 11 is 0. The number of carboxylic acid groups (broad SMARTS) is 1. The number of hydrogen-bond donors (Lipinski definition) is 2. The van der Waals surface area contributed by atoms with Crippen LogP contribution in [0.3, 0.4) is 0 Å². The number of halogens is 1. The standard InChI is InChI=1S/C19H19FN2O4/c1-19(17(23)24)9-10-22(12-19)18(25)21-15-7-2-3-8-16(15)26-14-6-4-5-13(20)11-14/h2-8,11H,9-10,12H2,1H3,(H,21,25)(H,23,24). The number of carbonyl (C=O) groups is 2. The summed E-state index contributed by atoms with van der Waals surface area (Å²) in [6.45, 7) is 2.13. The zero-order chi connectivity index (χ0) is 18.7. The molecule has 26 heavy (non-hydrogen) atoms. The zero-order valence-corrected chi connectivity index (χ0v) is 14.2. The van der Waals surface area contributed by atoms with E-state index in [0.717, 1.165) is 0 Å². The molecule has 0 saturated carbocycles. The van der Waals surface area contributed by atoms with Crippen molar-refractivity contribution in [2.45, 2.75) is 13.3 Å². The number of aliphatic carboxylic acids is 1. The maximum atomic E-state index is 13.3. The Kier molecular flexibility index (Phi) is 4.79. The number of ether oxygens (including phenoxy) is 1. The molecule has 0 bridgehead atoms. The predicted octanol–water partition coefficient (Wildman–Crippen LogP) is 3.95. The van der Waals surface area contributed by atoms with Crippen LogP contribution >= 0.6 is 0 Å². The molecule has 2 amide bonds. The van der Waals surface area contributed by atoms with Gasteiger partial charge in [0, 0.05) is 19.2 Å². The van der Waals surface area contributed by atoms with Crippen LogP contribution in [0.15, 0.2) is 48.5 Å². The smallest absolute Gasteiger partial charge is 0.321 e.